The molecule has 0 bridgehead atoms. The summed E-state index contributed by atoms with van der Waals surface area (Å²) in [6.45, 7) is 11.6. The molecule has 0 aromatic heterocycles. The minimum absolute atomic E-state index is 0.00342. The molecule has 0 aliphatic heterocycles. The second kappa shape index (κ2) is 14.0. The van der Waals surface area contributed by atoms with Crippen molar-refractivity contribution < 1.29 is 0 Å². The van der Waals surface area contributed by atoms with Crippen molar-refractivity contribution in [3.63, 3.8) is 0 Å². The van der Waals surface area contributed by atoms with Gasteiger partial charge in [0.15, 0.2) is 0 Å². The zero-order chi connectivity index (χ0) is 38.4. The standard InChI is InChI=1S/C55H47N/c1-54(2,3)52-37-45(39-17-10-7-11-18-39)28-34-53(52)56(46-29-23-40(24-30-46)38-15-8-6-9-16-38)47-31-25-41(26-32-47)42-19-14-20-43(35-42)44-27-33-51-49(36-44)48-21-12-13-22-50(48)55(51,4)5/h6-37H,1-5H3. The second-order valence-electron chi connectivity index (χ2n) is 16.7. The van der Waals surface area contributed by atoms with Gasteiger partial charge in [-0.25, -0.2) is 0 Å². The van der Waals surface area contributed by atoms with Crippen LogP contribution >= 0.6 is 0 Å². The highest BCUT2D eigenvalue weighted by Gasteiger charge is 2.35. The molecule has 56 heavy (non-hydrogen) atoms. The van der Waals surface area contributed by atoms with Crippen LogP contribution in [0.5, 0.6) is 0 Å². The van der Waals surface area contributed by atoms with Gasteiger partial charge >= 0.3 is 0 Å². The predicted octanol–water partition coefficient (Wildman–Crippen LogP) is 15.4. The number of rotatable bonds is 7. The summed E-state index contributed by atoms with van der Waals surface area (Å²) >= 11 is 0. The number of hydrogen-bond donors (Lipinski definition) is 0. The molecule has 0 unspecified atom stereocenters. The average Bonchev–Trinajstić information content (AvgIpc) is 3.47. The Hall–Kier alpha value is -6.44. The largest absolute Gasteiger partial charge is 0.310 e. The fourth-order valence-corrected chi connectivity index (χ4v) is 8.58. The van der Waals surface area contributed by atoms with Crippen molar-refractivity contribution in [1.29, 1.82) is 0 Å². The normalized spacial score (nSPS) is 12.9. The van der Waals surface area contributed by atoms with Crippen LogP contribution in [-0.4, -0.2) is 0 Å². The summed E-state index contributed by atoms with van der Waals surface area (Å²) in [4.78, 5) is 2.42. The third-order valence-electron chi connectivity index (χ3n) is 11.6. The Kier molecular flexibility index (Phi) is 8.82. The van der Waals surface area contributed by atoms with Gasteiger partial charge in [0.2, 0.25) is 0 Å². The molecule has 0 saturated heterocycles. The monoisotopic (exact) mass is 721 g/mol. The SMILES string of the molecule is CC(C)(C)c1cc(-c2ccccc2)ccc1N(c1ccc(-c2ccccc2)cc1)c1ccc(-c2cccc(-c3ccc4c(c3)-c3ccccc3C4(C)C)c2)cc1. The summed E-state index contributed by atoms with van der Waals surface area (Å²) in [6, 6.07) is 71.2. The van der Waals surface area contributed by atoms with Gasteiger partial charge in [-0.2, -0.15) is 0 Å². The number of fused-ring (bicyclic) bond motifs is 3. The molecule has 0 atom stereocenters. The summed E-state index contributed by atoms with van der Waals surface area (Å²) < 4.78 is 0. The van der Waals surface area contributed by atoms with Crippen LogP contribution in [0.15, 0.2) is 194 Å². The summed E-state index contributed by atoms with van der Waals surface area (Å²) in [6.07, 6.45) is 0. The van der Waals surface area contributed by atoms with E-state index in [9.17, 15) is 0 Å². The Bertz CT molecular complexity index is 2660. The first kappa shape index (κ1) is 35.3. The molecule has 8 aromatic rings. The van der Waals surface area contributed by atoms with E-state index in [1.807, 2.05) is 0 Å². The van der Waals surface area contributed by atoms with Crippen LogP contribution in [0.1, 0.15) is 51.3 Å². The molecule has 0 fully saturated rings. The molecule has 272 valence electrons. The smallest absolute Gasteiger partial charge is 0.0499 e. The fourth-order valence-electron chi connectivity index (χ4n) is 8.58. The second-order valence-corrected chi connectivity index (χ2v) is 16.7. The van der Waals surface area contributed by atoms with Gasteiger partial charge < -0.3 is 4.90 Å². The third kappa shape index (κ3) is 6.44. The van der Waals surface area contributed by atoms with Crippen molar-refractivity contribution in [3.05, 3.63) is 211 Å². The Balaban J connectivity index is 1.10. The Morgan fingerprint density at radius 1 is 0.357 bits per heavy atom. The van der Waals surface area contributed by atoms with Gasteiger partial charge in [-0.05, 0) is 126 Å². The molecule has 0 amide bonds. The first-order valence-electron chi connectivity index (χ1n) is 19.8. The minimum Gasteiger partial charge on any atom is -0.310 e. The van der Waals surface area contributed by atoms with E-state index in [0.29, 0.717) is 0 Å². The van der Waals surface area contributed by atoms with Crippen LogP contribution in [0.2, 0.25) is 0 Å². The van der Waals surface area contributed by atoms with Gasteiger partial charge in [0, 0.05) is 22.5 Å². The van der Waals surface area contributed by atoms with E-state index in [4.69, 9.17) is 0 Å². The molecule has 1 aliphatic carbocycles. The van der Waals surface area contributed by atoms with Crippen LogP contribution in [0.25, 0.3) is 55.6 Å². The summed E-state index contributed by atoms with van der Waals surface area (Å²) in [5, 5.41) is 0. The van der Waals surface area contributed by atoms with Crippen molar-refractivity contribution in [2.75, 3.05) is 4.90 Å². The number of hydrogen-bond acceptors (Lipinski definition) is 1. The fraction of sp³-hybridized carbons (Fsp3) is 0.127. The van der Waals surface area contributed by atoms with Crippen molar-refractivity contribution in [2.24, 2.45) is 0 Å². The zero-order valence-electron chi connectivity index (χ0n) is 32.9. The number of anilines is 3. The number of nitrogens with zero attached hydrogens (tertiary/aromatic N) is 1. The van der Waals surface area contributed by atoms with E-state index in [1.54, 1.807) is 0 Å². The molecule has 0 saturated carbocycles. The topological polar surface area (TPSA) is 3.24 Å². The minimum atomic E-state index is -0.0991. The van der Waals surface area contributed by atoms with Crippen molar-refractivity contribution >= 4 is 17.1 Å². The van der Waals surface area contributed by atoms with Crippen molar-refractivity contribution in [1.82, 2.24) is 0 Å². The van der Waals surface area contributed by atoms with Gasteiger partial charge in [-0.15, -0.1) is 0 Å². The van der Waals surface area contributed by atoms with Crippen LogP contribution < -0.4 is 4.90 Å². The van der Waals surface area contributed by atoms with E-state index in [0.717, 1.165) is 11.4 Å². The first-order valence-corrected chi connectivity index (χ1v) is 19.8. The zero-order valence-corrected chi connectivity index (χ0v) is 32.9. The van der Waals surface area contributed by atoms with E-state index in [1.165, 1.54) is 78.0 Å². The molecule has 0 spiro atoms. The molecule has 1 heteroatoms. The maximum absolute atomic E-state index is 2.42. The molecule has 1 aliphatic rings. The summed E-state index contributed by atoms with van der Waals surface area (Å²) in [5.41, 5.74) is 19.9. The van der Waals surface area contributed by atoms with Gasteiger partial charge in [-0.3, -0.25) is 0 Å². The van der Waals surface area contributed by atoms with Crippen LogP contribution in [0.4, 0.5) is 17.1 Å². The van der Waals surface area contributed by atoms with Crippen LogP contribution in [0.3, 0.4) is 0 Å². The average molecular weight is 722 g/mol. The highest BCUT2D eigenvalue weighted by atomic mass is 15.1. The molecule has 0 radical (unpaired) electrons. The van der Waals surface area contributed by atoms with Gasteiger partial charge in [-0.1, -0.05) is 180 Å². The van der Waals surface area contributed by atoms with E-state index in [-0.39, 0.29) is 10.8 Å². The van der Waals surface area contributed by atoms with E-state index >= 15 is 0 Å². The molecular formula is C55H47N. The van der Waals surface area contributed by atoms with Crippen LogP contribution in [-0.2, 0) is 10.8 Å². The van der Waals surface area contributed by atoms with E-state index in [2.05, 4.69) is 234 Å². The lowest BCUT2D eigenvalue weighted by Crippen LogP contribution is -2.19. The van der Waals surface area contributed by atoms with Crippen molar-refractivity contribution in [2.45, 2.75) is 45.4 Å². The molecule has 0 heterocycles. The predicted molar refractivity (Wildman–Crippen MR) is 239 cm³/mol. The van der Waals surface area contributed by atoms with Crippen molar-refractivity contribution in [3.8, 4) is 55.6 Å². The van der Waals surface area contributed by atoms with Gasteiger partial charge in [0.25, 0.3) is 0 Å². The number of benzene rings is 8. The maximum Gasteiger partial charge on any atom is 0.0499 e. The van der Waals surface area contributed by atoms with Gasteiger partial charge in [0.05, 0.1) is 0 Å². The Labute approximate surface area is 332 Å². The quantitative estimate of drug-likeness (QED) is 0.158. The lowest BCUT2D eigenvalue weighted by atomic mass is 9.82. The van der Waals surface area contributed by atoms with Gasteiger partial charge in [0.1, 0.15) is 0 Å². The molecule has 8 aromatic carbocycles. The molecule has 1 nitrogen and oxygen atoms in total. The Morgan fingerprint density at radius 3 is 1.41 bits per heavy atom. The highest BCUT2D eigenvalue weighted by molar-refractivity contribution is 5.86. The third-order valence-corrected chi connectivity index (χ3v) is 11.6. The van der Waals surface area contributed by atoms with Crippen LogP contribution in [0, 0.1) is 0 Å². The molecular weight excluding hydrogens is 675 g/mol. The Morgan fingerprint density at radius 2 is 0.786 bits per heavy atom. The molecule has 9 rings (SSSR count). The van der Waals surface area contributed by atoms with E-state index < -0.39 is 0 Å². The summed E-state index contributed by atoms with van der Waals surface area (Å²) in [7, 11) is 0. The summed E-state index contributed by atoms with van der Waals surface area (Å²) in [5.74, 6) is 0. The molecule has 0 N–H and O–H groups in total. The lowest BCUT2D eigenvalue weighted by Gasteiger charge is -2.32. The highest BCUT2D eigenvalue weighted by Crippen LogP contribution is 2.50. The first-order chi connectivity index (χ1) is 27.1. The lowest BCUT2D eigenvalue weighted by molar-refractivity contribution is 0.591. The maximum atomic E-state index is 2.42.